The highest BCUT2D eigenvalue weighted by Gasteiger charge is 2.18. The third kappa shape index (κ3) is 4.35. The van der Waals surface area contributed by atoms with Gasteiger partial charge in [0.15, 0.2) is 17.0 Å². The molecule has 0 fully saturated rings. The summed E-state index contributed by atoms with van der Waals surface area (Å²) in [6.07, 6.45) is 1.22. The number of nitrogens with one attached hydrogen (secondary N) is 2. The van der Waals surface area contributed by atoms with Gasteiger partial charge in [-0.1, -0.05) is 30.3 Å². The van der Waals surface area contributed by atoms with Crippen molar-refractivity contribution >= 4 is 22.9 Å². The van der Waals surface area contributed by atoms with E-state index in [9.17, 15) is 10.2 Å². The zero-order valence-electron chi connectivity index (χ0n) is 15.8. The maximum absolute atomic E-state index is 9.87. The van der Waals surface area contributed by atoms with Crippen LogP contribution in [-0.2, 0) is 0 Å². The van der Waals surface area contributed by atoms with Crippen molar-refractivity contribution in [1.29, 1.82) is 0 Å². The molecule has 3 rings (SSSR count). The largest absolute Gasteiger partial charge is 0.394 e. The number of rotatable bonds is 8. The van der Waals surface area contributed by atoms with E-state index in [4.69, 9.17) is 0 Å². The molecule has 0 spiro atoms. The van der Waals surface area contributed by atoms with Crippen LogP contribution >= 0.6 is 0 Å². The van der Waals surface area contributed by atoms with Gasteiger partial charge in [-0.25, -0.2) is 4.98 Å². The van der Waals surface area contributed by atoms with Gasteiger partial charge in [0.2, 0.25) is 5.95 Å². The Hall–Kier alpha value is -2.71. The fraction of sp³-hybridized carbons (Fsp3) is 0.421. The minimum atomic E-state index is -0.523. The Balaban J connectivity index is 2.01. The fourth-order valence-corrected chi connectivity index (χ4v) is 2.80. The van der Waals surface area contributed by atoms with E-state index in [0.717, 1.165) is 5.56 Å². The van der Waals surface area contributed by atoms with E-state index in [-0.39, 0.29) is 18.7 Å². The second-order valence-corrected chi connectivity index (χ2v) is 6.83. The Morgan fingerprint density at radius 2 is 1.85 bits per heavy atom. The highest BCUT2D eigenvalue weighted by molar-refractivity contribution is 5.84. The zero-order chi connectivity index (χ0) is 19.4. The van der Waals surface area contributed by atoms with Crippen LogP contribution < -0.4 is 10.6 Å². The summed E-state index contributed by atoms with van der Waals surface area (Å²) >= 11 is 0. The van der Waals surface area contributed by atoms with E-state index in [0.29, 0.717) is 29.5 Å². The summed E-state index contributed by atoms with van der Waals surface area (Å²) in [5.74, 6) is 0.938. The first kappa shape index (κ1) is 19.1. The lowest BCUT2D eigenvalue weighted by molar-refractivity contribution is 0.208. The van der Waals surface area contributed by atoms with Gasteiger partial charge in [0.1, 0.15) is 0 Å². The molecular formula is C19H26N6O2. The first-order valence-corrected chi connectivity index (χ1v) is 9.08. The molecular weight excluding hydrogens is 344 g/mol. The van der Waals surface area contributed by atoms with Gasteiger partial charge >= 0.3 is 0 Å². The van der Waals surface area contributed by atoms with Gasteiger partial charge in [-0.3, -0.25) is 0 Å². The van der Waals surface area contributed by atoms with Gasteiger partial charge in [-0.15, -0.1) is 0 Å². The molecule has 2 heterocycles. The zero-order valence-corrected chi connectivity index (χ0v) is 15.8. The van der Waals surface area contributed by atoms with Crippen LogP contribution in [-0.4, -0.2) is 49.0 Å². The number of imidazole rings is 1. The highest BCUT2D eigenvalue weighted by atomic mass is 16.3. The number of benzene rings is 1. The molecule has 0 aliphatic heterocycles. The molecule has 8 nitrogen and oxygen atoms in total. The van der Waals surface area contributed by atoms with Gasteiger partial charge in [0.25, 0.3) is 0 Å². The molecule has 27 heavy (non-hydrogen) atoms. The van der Waals surface area contributed by atoms with Gasteiger partial charge in [0, 0.05) is 12.6 Å². The van der Waals surface area contributed by atoms with Crippen molar-refractivity contribution in [2.24, 2.45) is 0 Å². The van der Waals surface area contributed by atoms with Crippen LogP contribution in [0.4, 0.5) is 11.8 Å². The van der Waals surface area contributed by atoms with E-state index < -0.39 is 6.10 Å². The second kappa shape index (κ2) is 8.32. The molecule has 0 amide bonds. The number of aliphatic hydroxyl groups is 2. The molecule has 0 bridgehead atoms. The molecule has 1 aromatic carbocycles. The number of fused-ring (bicyclic) bond motifs is 1. The van der Waals surface area contributed by atoms with E-state index >= 15 is 0 Å². The molecule has 2 atom stereocenters. The molecule has 0 saturated heterocycles. The summed E-state index contributed by atoms with van der Waals surface area (Å²) in [4.78, 5) is 13.6. The third-order valence-corrected chi connectivity index (χ3v) is 4.23. The number of aromatic nitrogens is 4. The Morgan fingerprint density at radius 1 is 1.11 bits per heavy atom. The molecule has 0 aliphatic rings. The molecule has 0 aliphatic carbocycles. The van der Waals surface area contributed by atoms with Crippen LogP contribution in [0.1, 0.15) is 38.4 Å². The molecule has 4 N–H and O–H groups in total. The summed E-state index contributed by atoms with van der Waals surface area (Å²) < 4.78 is 1.96. The van der Waals surface area contributed by atoms with Gasteiger partial charge in [-0.2, -0.15) is 9.97 Å². The fourth-order valence-electron chi connectivity index (χ4n) is 2.80. The van der Waals surface area contributed by atoms with Crippen LogP contribution in [0.15, 0.2) is 36.7 Å². The average molecular weight is 370 g/mol. The third-order valence-electron chi connectivity index (χ3n) is 4.23. The van der Waals surface area contributed by atoms with Crippen LogP contribution in [0.2, 0.25) is 0 Å². The number of hydrogen-bond acceptors (Lipinski definition) is 7. The Morgan fingerprint density at radius 3 is 2.48 bits per heavy atom. The normalized spacial score (nSPS) is 13.7. The van der Waals surface area contributed by atoms with Crippen LogP contribution in [0.25, 0.3) is 11.2 Å². The molecule has 0 saturated carbocycles. The molecule has 3 aromatic rings. The summed E-state index contributed by atoms with van der Waals surface area (Å²) in [5.41, 5.74) is 2.29. The highest BCUT2D eigenvalue weighted by Crippen LogP contribution is 2.26. The number of aliphatic hydroxyl groups excluding tert-OH is 2. The van der Waals surface area contributed by atoms with Crippen molar-refractivity contribution < 1.29 is 10.2 Å². The number of hydrogen-bond donors (Lipinski definition) is 4. The second-order valence-electron chi connectivity index (χ2n) is 6.83. The summed E-state index contributed by atoms with van der Waals surface area (Å²) in [6.45, 7) is 6.05. The van der Waals surface area contributed by atoms with Crippen LogP contribution in [0.3, 0.4) is 0 Å². The molecule has 1 unspecified atom stereocenters. The Labute approximate surface area is 158 Å². The summed E-state index contributed by atoms with van der Waals surface area (Å²) in [5, 5.41) is 25.8. The van der Waals surface area contributed by atoms with Crippen molar-refractivity contribution in [3.05, 3.63) is 42.2 Å². The van der Waals surface area contributed by atoms with Crippen molar-refractivity contribution in [2.45, 2.75) is 39.0 Å². The lowest BCUT2D eigenvalue weighted by Crippen LogP contribution is -2.19. The standard InChI is InChI=1S/C19H26N6O2/c1-12(2)25-11-21-16-17(22-15(10-26)14-7-5-4-6-8-14)23-19(24-18(16)25)20-9-13(3)27/h4-8,11-13,15,26-27H,9-10H2,1-3H3,(H2,20,22,23,24)/t13?,15-/m1/s1. The van der Waals surface area contributed by atoms with E-state index in [2.05, 4.69) is 39.4 Å². The monoisotopic (exact) mass is 370 g/mol. The maximum atomic E-state index is 9.87. The Bertz CT molecular complexity index is 879. The average Bonchev–Trinajstić information content (AvgIpc) is 3.09. The van der Waals surface area contributed by atoms with Crippen molar-refractivity contribution in [2.75, 3.05) is 23.8 Å². The number of anilines is 2. The lowest BCUT2D eigenvalue weighted by Gasteiger charge is -2.18. The summed E-state index contributed by atoms with van der Waals surface area (Å²) in [7, 11) is 0. The quantitative estimate of drug-likeness (QED) is 0.482. The van der Waals surface area contributed by atoms with Gasteiger partial charge in [-0.05, 0) is 26.3 Å². The maximum Gasteiger partial charge on any atom is 0.226 e. The van der Waals surface area contributed by atoms with Crippen molar-refractivity contribution in [3.63, 3.8) is 0 Å². The minimum absolute atomic E-state index is 0.0865. The van der Waals surface area contributed by atoms with Crippen molar-refractivity contribution in [1.82, 2.24) is 19.5 Å². The molecule has 144 valence electrons. The Kier molecular flexibility index (Phi) is 5.88. The molecule has 0 radical (unpaired) electrons. The van der Waals surface area contributed by atoms with Crippen LogP contribution in [0, 0.1) is 0 Å². The van der Waals surface area contributed by atoms with Gasteiger partial charge < -0.3 is 25.4 Å². The predicted molar refractivity (Wildman–Crippen MR) is 106 cm³/mol. The van der Waals surface area contributed by atoms with Crippen LogP contribution in [0.5, 0.6) is 0 Å². The van der Waals surface area contributed by atoms with Crippen molar-refractivity contribution in [3.8, 4) is 0 Å². The summed E-state index contributed by atoms with van der Waals surface area (Å²) in [6, 6.07) is 9.56. The predicted octanol–water partition coefficient (Wildman–Crippen LogP) is 2.35. The smallest absolute Gasteiger partial charge is 0.226 e. The molecule has 8 heteroatoms. The first-order valence-electron chi connectivity index (χ1n) is 9.08. The minimum Gasteiger partial charge on any atom is -0.394 e. The van der Waals surface area contributed by atoms with E-state index in [1.807, 2.05) is 34.9 Å². The SMILES string of the molecule is CC(O)CNc1nc(N[C@H](CO)c2ccccc2)c2ncn(C(C)C)c2n1. The van der Waals surface area contributed by atoms with Gasteiger partial charge in [0.05, 0.1) is 25.1 Å². The van der Waals surface area contributed by atoms with E-state index in [1.54, 1.807) is 13.3 Å². The number of nitrogens with zero attached hydrogens (tertiary/aromatic N) is 4. The molecule has 2 aromatic heterocycles. The van der Waals surface area contributed by atoms with E-state index in [1.165, 1.54) is 0 Å². The topological polar surface area (TPSA) is 108 Å². The first-order chi connectivity index (χ1) is 13.0. The lowest BCUT2D eigenvalue weighted by atomic mass is 10.1.